The predicted octanol–water partition coefficient (Wildman–Crippen LogP) is 2.48. The lowest BCUT2D eigenvalue weighted by atomic mass is 10.2. The van der Waals surface area contributed by atoms with Gasteiger partial charge in [0.05, 0.1) is 16.9 Å². The summed E-state index contributed by atoms with van der Waals surface area (Å²) >= 11 is 3.42. The highest BCUT2D eigenvalue weighted by Crippen LogP contribution is 2.19. The summed E-state index contributed by atoms with van der Waals surface area (Å²) in [6.07, 6.45) is 0. The fourth-order valence-electron chi connectivity index (χ4n) is 1.55. The normalized spacial score (nSPS) is 10.1. The Labute approximate surface area is 113 Å². The number of nitrogens with zero attached hydrogens (tertiary/aromatic N) is 3. The first-order valence-electron chi connectivity index (χ1n) is 5.30. The van der Waals surface area contributed by atoms with Crippen LogP contribution in [0, 0.1) is 25.2 Å². The van der Waals surface area contributed by atoms with Crippen LogP contribution in [0.15, 0.2) is 33.5 Å². The SMILES string of the molecule is Cc1ccc(-n2nc(C)c(C#N)cc2=O)cc1Br. The molecule has 90 valence electrons. The molecule has 0 spiro atoms. The second kappa shape index (κ2) is 4.75. The van der Waals surface area contributed by atoms with Crippen molar-refractivity contribution in [3.63, 3.8) is 0 Å². The van der Waals surface area contributed by atoms with Gasteiger partial charge in [-0.15, -0.1) is 0 Å². The molecule has 0 fully saturated rings. The Bertz CT molecular complexity index is 713. The summed E-state index contributed by atoms with van der Waals surface area (Å²) in [7, 11) is 0. The van der Waals surface area contributed by atoms with Gasteiger partial charge in [0.1, 0.15) is 6.07 Å². The molecule has 0 amide bonds. The van der Waals surface area contributed by atoms with E-state index < -0.39 is 0 Å². The number of aryl methyl sites for hydroxylation is 2. The van der Waals surface area contributed by atoms with Gasteiger partial charge in [0.2, 0.25) is 0 Å². The first-order valence-corrected chi connectivity index (χ1v) is 6.10. The number of benzene rings is 1. The largest absolute Gasteiger partial charge is 0.272 e. The molecular formula is C13H10BrN3O. The molecule has 0 bridgehead atoms. The minimum Gasteiger partial charge on any atom is -0.267 e. The fourth-order valence-corrected chi connectivity index (χ4v) is 1.92. The van der Waals surface area contributed by atoms with Crippen LogP contribution in [-0.4, -0.2) is 9.78 Å². The number of aromatic nitrogens is 2. The Morgan fingerprint density at radius 1 is 1.33 bits per heavy atom. The van der Waals surface area contributed by atoms with Gasteiger partial charge in [-0.05, 0) is 31.5 Å². The second-order valence-corrected chi connectivity index (χ2v) is 4.79. The highest BCUT2D eigenvalue weighted by atomic mass is 79.9. The Morgan fingerprint density at radius 2 is 2.06 bits per heavy atom. The summed E-state index contributed by atoms with van der Waals surface area (Å²) in [5.74, 6) is 0. The average Bonchev–Trinajstić information content (AvgIpc) is 2.35. The molecule has 1 aromatic carbocycles. The molecule has 0 aliphatic rings. The molecular weight excluding hydrogens is 294 g/mol. The van der Waals surface area contributed by atoms with Crippen LogP contribution in [0.4, 0.5) is 0 Å². The van der Waals surface area contributed by atoms with Gasteiger partial charge < -0.3 is 0 Å². The molecule has 0 aliphatic carbocycles. The van der Waals surface area contributed by atoms with E-state index in [1.54, 1.807) is 6.92 Å². The Morgan fingerprint density at radius 3 is 2.67 bits per heavy atom. The van der Waals surface area contributed by atoms with Crippen molar-refractivity contribution in [2.45, 2.75) is 13.8 Å². The highest BCUT2D eigenvalue weighted by Gasteiger charge is 2.07. The lowest BCUT2D eigenvalue weighted by molar-refractivity contribution is 0.781. The smallest absolute Gasteiger partial charge is 0.267 e. The monoisotopic (exact) mass is 303 g/mol. The van der Waals surface area contributed by atoms with E-state index >= 15 is 0 Å². The first kappa shape index (κ1) is 12.5. The summed E-state index contributed by atoms with van der Waals surface area (Å²) in [5.41, 5.74) is 2.28. The number of halogens is 1. The van der Waals surface area contributed by atoms with Crippen molar-refractivity contribution in [3.05, 3.63) is 55.9 Å². The molecule has 5 heteroatoms. The highest BCUT2D eigenvalue weighted by molar-refractivity contribution is 9.10. The summed E-state index contributed by atoms with van der Waals surface area (Å²) in [5, 5.41) is 13.0. The molecule has 0 radical (unpaired) electrons. The quantitative estimate of drug-likeness (QED) is 0.813. The molecule has 18 heavy (non-hydrogen) atoms. The minimum atomic E-state index is -0.312. The predicted molar refractivity (Wildman–Crippen MR) is 71.7 cm³/mol. The Hall–Kier alpha value is -1.93. The van der Waals surface area contributed by atoms with Crippen molar-refractivity contribution in [2.75, 3.05) is 0 Å². The first-order chi connectivity index (χ1) is 8.52. The molecule has 1 heterocycles. The van der Waals surface area contributed by atoms with E-state index in [0.717, 1.165) is 10.0 Å². The van der Waals surface area contributed by atoms with Crippen LogP contribution in [0.3, 0.4) is 0 Å². The van der Waals surface area contributed by atoms with Crippen molar-refractivity contribution >= 4 is 15.9 Å². The lowest BCUT2D eigenvalue weighted by Gasteiger charge is -2.07. The van der Waals surface area contributed by atoms with Gasteiger partial charge >= 0.3 is 0 Å². The van der Waals surface area contributed by atoms with E-state index in [-0.39, 0.29) is 5.56 Å². The molecule has 0 atom stereocenters. The van der Waals surface area contributed by atoms with Crippen LogP contribution in [0.5, 0.6) is 0 Å². The van der Waals surface area contributed by atoms with E-state index in [4.69, 9.17) is 5.26 Å². The zero-order chi connectivity index (χ0) is 13.3. The molecule has 1 aromatic heterocycles. The molecule has 2 rings (SSSR count). The maximum absolute atomic E-state index is 11.9. The minimum absolute atomic E-state index is 0.308. The van der Waals surface area contributed by atoms with Gasteiger partial charge in [0.15, 0.2) is 0 Å². The summed E-state index contributed by atoms with van der Waals surface area (Å²) in [6.45, 7) is 3.67. The molecule has 2 aromatic rings. The maximum atomic E-state index is 11.9. The van der Waals surface area contributed by atoms with Gasteiger partial charge in [-0.25, -0.2) is 0 Å². The molecule has 0 saturated carbocycles. The van der Waals surface area contributed by atoms with Crippen LogP contribution in [0.2, 0.25) is 0 Å². The van der Waals surface area contributed by atoms with E-state index in [0.29, 0.717) is 16.9 Å². The van der Waals surface area contributed by atoms with Crippen LogP contribution in [0.25, 0.3) is 5.69 Å². The number of hydrogen-bond acceptors (Lipinski definition) is 3. The van der Waals surface area contributed by atoms with Crippen molar-refractivity contribution < 1.29 is 0 Å². The van der Waals surface area contributed by atoms with E-state index in [1.807, 2.05) is 31.2 Å². The van der Waals surface area contributed by atoms with Gasteiger partial charge in [0, 0.05) is 10.5 Å². The average molecular weight is 304 g/mol. The molecule has 0 N–H and O–H groups in total. The number of rotatable bonds is 1. The molecule has 0 saturated heterocycles. The molecule has 0 unspecified atom stereocenters. The zero-order valence-electron chi connectivity index (χ0n) is 9.94. The summed E-state index contributed by atoms with van der Waals surface area (Å²) in [4.78, 5) is 11.9. The second-order valence-electron chi connectivity index (χ2n) is 3.94. The third-order valence-electron chi connectivity index (χ3n) is 2.64. The molecule has 0 aliphatic heterocycles. The van der Waals surface area contributed by atoms with E-state index in [1.165, 1.54) is 10.7 Å². The Kier molecular flexibility index (Phi) is 3.30. The summed E-state index contributed by atoms with van der Waals surface area (Å²) < 4.78 is 2.20. The van der Waals surface area contributed by atoms with Gasteiger partial charge in [0.25, 0.3) is 5.56 Å². The van der Waals surface area contributed by atoms with Crippen LogP contribution in [-0.2, 0) is 0 Å². The van der Waals surface area contributed by atoms with Crippen LogP contribution < -0.4 is 5.56 Å². The fraction of sp³-hybridized carbons (Fsp3) is 0.154. The van der Waals surface area contributed by atoms with Gasteiger partial charge in [-0.2, -0.15) is 15.0 Å². The van der Waals surface area contributed by atoms with Crippen LogP contribution in [0.1, 0.15) is 16.8 Å². The van der Waals surface area contributed by atoms with Crippen molar-refractivity contribution in [1.29, 1.82) is 5.26 Å². The van der Waals surface area contributed by atoms with Crippen molar-refractivity contribution in [3.8, 4) is 11.8 Å². The third kappa shape index (κ3) is 2.20. The Balaban J connectivity index is 2.65. The van der Waals surface area contributed by atoms with Crippen LogP contribution >= 0.6 is 15.9 Å². The number of hydrogen-bond donors (Lipinski definition) is 0. The lowest BCUT2D eigenvalue weighted by Crippen LogP contribution is -2.22. The third-order valence-corrected chi connectivity index (χ3v) is 3.49. The standard InChI is InChI=1S/C13H10BrN3O/c1-8-3-4-11(6-12(8)14)17-13(18)5-10(7-15)9(2)16-17/h3-6H,1-2H3. The zero-order valence-corrected chi connectivity index (χ0v) is 11.5. The van der Waals surface area contributed by atoms with Gasteiger partial charge in [-0.1, -0.05) is 22.0 Å². The number of nitriles is 1. The summed E-state index contributed by atoms with van der Waals surface area (Å²) in [6, 6.07) is 8.80. The maximum Gasteiger partial charge on any atom is 0.272 e. The van der Waals surface area contributed by atoms with Gasteiger partial charge in [-0.3, -0.25) is 4.79 Å². The van der Waals surface area contributed by atoms with E-state index in [9.17, 15) is 4.79 Å². The van der Waals surface area contributed by atoms with Crippen molar-refractivity contribution in [2.24, 2.45) is 0 Å². The topological polar surface area (TPSA) is 58.7 Å². The molecule has 4 nitrogen and oxygen atoms in total. The van der Waals surface area contributed by atoms with Crippen molar-refractivity contribution in [1.82, 2.24) is 9.78 Å². The van der Waals surface area contributed by atoms with E-state index in [2.05, 4.69) is 21.0 Å².